The van der Waals surface area contributed by atoms with Crippen molar-refractivity contribution in [1.29, 1.82) is 0 Å². The predicted molar refractivity (Wildman–Crippen MR) is 146 cm³/mol. The van der Waals surface area contributed by atoms with Gasteiger partial charge in [-0.2, -0.15) is 0 Å². The number of nitrogens with zero attached hydrogens (tertiary/aromatic N) is 2. The second-order valence-electron chi connectivity index (χ2n) is 9.57. The fraction of sp³-hybridized carbons (Fsp3) is 0.250. The Morgan fingerprint density at radius 2 is 1.78 bits per heavy atom. The van der Waals surface area contributed by atoms with Crippen molar-refractivity contribution in [2.24, 2.45) is 5.41 Å². The molecule has 2 N–H and O–H groups in total. The number of benzene rings is 3. The molecule has 0 aliphatic carbocycles. The van der Waals surface area contributed by atoms with Gasteiger partial charge in [0.25, 0.3) is 11.5 Å². The Hall–Kier alpha value is -3.13. The van der Waals surface area contributed by atoms with Crippen LogP contribution in [-0.2, 0) is 6.54 Å². The molecule has 1 amide bonds. The maximum atomic E-state index is 13.6. The molecule has 36 heavy (non-hydrogen) atoms. The van der Waals surface area contributed by atoms with Crippen molar-refractivity contribution < 1.29 is 9.90 Å². The number of thioether (sulfide) groups is 1. The second-order valence-corrected chi connectivity index (χ2v) is 11.0. The van der Waals surface area contributed by atoms with Crippen LogP contribution in [0.3, 0.4) is 0 Å². The van der Waals surface area contributed by atoms with Gasteiger partial charge in [-0.25, -0.2) is 4.98 Å². The number of aliphatic hydroxyl groups is 1. The lowest BCUT2D eigenvalue weighted by Gasteiger charge is -2.25. The zero-order chi connectivity index (χ0) is 25.9. The van der Waals surface area contributed by atoms with Crippen LogP contribution >= 0.6 is 23.4 Å². The Morgan fingerprint density at radius 1 is 1.08 bits per heavy atom. The minimum atomic E-state index is -0.596. The average Bonchev–Trinajstić information content (AvgIpc) is 2.86. The van der Waals surface area contributed by atoms with Crippen LogP contribution in [-0.4, -0.2) is 32.4 Å². The number of aliphatic hydroxyl groups excluding tert-OH is 1. The molecule has 0 aliphatic heterocycles. The Bertz CT molecular complexity index is 1450. The summed E-state index contributed by atoms with van der Waals surface area (Å²) in [5, 5.41) is 14.9. The third kappa shape index (κ3) is 5.81. The highest BCUT2D eigenvalue weighted by Crippen LogP contribution is 2.27. The molecule has 1 unspecified atom stereocenters. The molecule has 0 fully saturated rings. The molecule has 3 aromatic carbocycles. The summed E-state index contributed by atoms with van der Waals surface area (Å²) in [6.07, 6.45) is -0.596. The van der Waals surface area contributed by atoms with Gasteiger partial charge in [0, 0.05) is 22.9 Å². The van der Waals surface area contributed by atoms with E-state index in [0.717, 1.165) is 5.56 Å². The third-order valence-corrected chi connectivity index (χ3v) is 7.27. The lowest BCUT2D eigenvalue weighted by atomic mass is 9.90. The molecule has 4 rings (SSSR count). The van der Waals surface area contributed by atoms with E-state index in [0.29, 0.717) is 38.1 Å². The van der Waals surface area contributed by atoms with Gasteiger partial charge in [-0.15, -0.1) is 0 Å². The van der Waals surface area contributed by atoms with Gasteiger partial charge in [0.05, 0.1) is 22.7 Å². The van der Waals surface area contributed by atoms with E-state index in [1.54, 1.807) is 28.8 Å². The smallest absolute Gasteiger partial charge is 0.266 e. The molecule has 1 aromatic heterocycles. The number of halogens is 1. The van der Waals surface area contributed by atoms with Crippen molar-refractivity contribution in [3.05, 3.63) is 99.3 Å². The zero-order valence-electron chi connectivity index (χ0n) is 20.4. The summed E-state index contributed by atoms with van der Waals surface area (Å²) in [7, 11) is 0. The summed E-state index contributed by atoms with van der Waals surface area (Å²) in [6, 6.07) is 21.5. The number of aromatic nitrogens is 2. The molecule has 0 bridgehead atoms. The first-order valence-corrected chi connectivity index (χ1v) is 13.0. The second kappa shape index (κ2) is 10.9. The molecule has 1 heterocycles. The number of rotatable bonds is 7. The number of carbonyl (C=O) groups is 1. The molecule has 0 saturated heterocycles. The average molecular weight is 522 g/mol. The van der Waals surface area contributed by atoms with Crippen LogP contribution in [0.15, 0.2) is 82.7 Å². The summed E-state index contributed by atoms with van der Waals surface area (Å²) in [6.45, 7) is 6.17. The molecule has 8 heteroatoms. The van der Waals surface area contributed by atoms with E-state index in [2.05, 4.69) is 5.32 Å². The highest BCUT2D eigenvalue weighted by atomic mass is 35.5. The number of amides is 1. The van der Waals surface area contributed by atoms with Crippen LogP contribution in [0.1, 0.15) is 36.7 Å². The van der Waals surface area contributed by atoms with E-state index < -0.39 is 6.10 Å². The topological polar surface area (TPSA) is 84.2 Å². The van der Waals surface area contributed by atoms with Gasteiger partial charge in [0.15, 0.2) is 5.16 Å². The highest BCUT2D eigenvalue weighted by molar-refractivity contribution is 7.99. The summed E-state index contributed by atoms with van der Waals surface area (Å²) in [5.41, 5.74) is 1.77. The largest absolute Gasteiger partial charge is 0.392 e. The van der Waals surface area contributed by atoms with E-state index in [1.165, 1.54) is 11.8 Å². The molecule has 186 valence electrons. The molecule has 0 spiro atoms. The lowest BCUT2D eigenvalue weighted by Crippen LogP contribution is -2.29. The minimum absolute atomic E-state index is 0.234. The van der Waals surface area contributed by atoms with Crippen molar-refractivity contribution in [1.82, 2.24) is 14.9 Å². The SMILES string of the molecule is CC(C)(C)C(O)CSc1nc2cc(C(=O)NCc3ccccc3Cl)ccc2c(=O)n1-c1ccccc1. The van der Waals surface area contributed by atoms with Gasteiger partial charge in [-0.1, -0.05) is 80.5 Å². The van der Waals surface area contributed by atoms with Gasteiger partial charge in [0.2, 0.25) is 0 Å². The molecule has 0 aliphatic rings. The van der Waals surface area contributed by atoms with Crippen molar-refractivity contribution >= 4 is 40.2 Å². The van der Waals surface area contributed by atoms with Crippen molar-refractivity contribution in [2.75, 3.05) is 5.75 Å². The van der Waals surface area contributed by atoms with Crippen molar-refractivity contribution in [2.45, 2.75) is 38.6 Å². The molecule has 0 saturated carbocycles. The van der Waals surface area contributed by atoms with E-state index >= 15 is 0 Å². The Kier molecular flexibility index (Phi) is 7.83. The van der Waals surface area contributed by atoms with E-state index in [1.807, 2.05) is 69.3 Å². The van der Waals surface area contributed by atoms with Gasteiger partial charge in [0.1, 0.15) is 0 Å². The fourth-order valence-electron chi connectivity index (χ4n) is 3.53. The number of fused-ring (bicyclic) bond motifs is 1. The Balaban J connectivity index is 1.70. The van der Waals surface area contributed by atoms with Crippen LogP contribution in [0.5, 0.6) is 0 Å². The van der Waals surface area contributed by atoms with E-state index in [-0.39, 0.29) is 23.4 Å². The lowest BCUT2D eigenvalue weighted by molar-refractivity contribution is 0.0842. The summed E-state index contributed by atoms with van der Waals surface area (Å²) < 4.78 is 1.56. The van der Waals surface area contributed by atoms with Crippen molar-refractivity contribution in [3.63, 3.8) is 0 Å². The summed E-state index contributed by atoms with van der Waals surface area (Å²) in [4.78, 5) is 31.2. The normalized spacial score (nSPS) is 12.5. The van der Waals surface area contributed by atoms with Gasteiger partial charge < -0.3 is 10.4 Å². The van der Waals surface area contributed by atoms with Crippen LogP contribution in [0.25, 0.3) is 16.6 Å². The molecule has 6 nitrogen and oxygen atoms in total. The molecular formula is C28H28ClN3O3S. The third-order valence-electron chi connectivity index (χ3n) is 5.88. The molecule has 1 atom stereocenters. The van der Waals surface area contributed by atoms with Crippen LogP contribution in [0.4, 0.5) is 0 Å². The van der Waals surface area contributed by atoms with E-state index in [9.17, 15) is 14.7 Å². The number of hydrogen-bond acceptors (Lipinski definition) is 5. The Labute approximate surface area is 219 Å². The van der Waals surface area contributed by atoms with Gasteiger partial charge in [-0.3, -0.25) is 14.2 Å². The predicted octanol–water partition coefficient (Wildman–Crippen LogP) is 5.47. The molecule has 4 aromatic rings. The molecular weight excluding hydrogens is 494 g/mol. The van der Waals surface area contributed by atoms with Crippen LogP contribution < -0.4 is 10.9 Å². The number of nitrogens with one attached hydrogen (secondary N) is 1. The van der Waals surface area contributed by atoms with Gasteiger partial charge in [-0.05, 0) is 47.4 Å². The molecule has 0 radical (unpaired) electrons. The summed E-state index contributed by atoms with van der Waals surface area (Å²) in [5.74, 6) is 0.0787. The number of para-hydroxylation sites is 1. The fourth-order valence-corrected chi connectivity index (χ4v) is 5.02. The number of hydrogen-bond donors (Lipinski definition) is 2. The quantitative estimate of drug-likeness (QED) is 0.249. The van der Waals surface area contributed by atoms with Crippen molar-refractivity contribution in [3.8, 4) is 5.69 Å². The van der Waals surface area contributed by atoms with Crippen LogP contribution in [0, 0.1) is 5.41 Å². The minimum Gasteiger partial charge on any atom is -0.392 e. The summed E-state index contributed by atoms with van der Waals surface area (Å²) >= 11 is 7.51. The standard InChI is InChI=1S/C28H28ClN3O3S/c1-28(2,3)24(33)17-36-27-31-23-15-18(25(34)30-16-19-9-7-8-12-22(19)29)13-14-21(23)26(35)32(27)20-10-5-4-6-11-20/h4-15,24,33H,16-17H2,1-3H3,(H,30,34). The van der Waals surface area contributed by atoms with Gasteiger partial charge >= 0.3 is 0 Å². The number of carbonyl (C=O) groups excluding carboxylic acids is 1. The highest BCUT2D eigenvalue weighted by Gasteiger charge is 2.24. The van der Waals surface area contributed by atoms with E-state index in [4.69, 9.17) is 16.6 Å². The monoisotopic (exact) mass is 521 g/mol. The van der Waals surface area contributed by atoms with Crippen LogP contribution in [0.2, 0.25) is 5.02 Å². The maximum Gasteiger partial charge on any atom is 0.266 e. The first-order chi connectivity index (χ1) is 17.1. The zero-order valence-corrected chi connectivity index (χ0v) is 21.9. The Morgan fingerprint density at radius 3 is 2.47 bits per heavy atom. The first kappa shape index (κ1) is 25.9. The maximum absolute atomic E-state index is 13.6. The first-order valence-electron chi connectivity index (χ1n) is 11.6.